The van der Waals surface area contributed by atoms with Crippen molar-refractivity contribution in [3.63, 3.8) is 0 Å². The Bertz CT molecular complexity index is 959. The predicted molar refractivity (Wildman–Crippen MR) is 102 cm³/mol. The molecule has 0 atom stereocenters. The Morgan fingerprint density at radius 2 is 1.85 bits per heavy atom. The normalized spacial score (nSPS) is 13.9. The highest BCUT2D eigenvalue weighted by molar-refractivity contribution is 6.01. The van der Waals surface area contributed by atoms with Gasteiger partial charge in [0.05, 0.1) is 5.39 Å². The van der Waals surface area contributed by atoms with Gasteiger partial charge >= 0.3 is 0 Å². The van der Waals surface area contributed by atoms with Crippen molar-refractivity contribution < 1.29 is 14.1 Å². The van der Waals surface area contributed by atoms with Crippen LogP contribution in [0.2, 0.25) is 0 Å². The van der Waals surface area contributed by atoms with E-state index in [1.54, 1.807) is 18.2 Å². The molecule has 2 amide bonds. The van der Waals surface area contributed by atoms with Gasteiger partial charge in [0.15, 0.2) is 5.76 Å². The quantitative estimate of drug-likeness (QED) is 0.755. The van der Waals surface area contributed by atoms with Crippen molar-refractivity contribution in [1.82, 2.24) is 15.4 Å². The molecule has 0 saturated carbocycles. The molecule has 0 aliphatic carbocycles. The van der Waals surface area contributed by atoms with E-state index in [4.69, 9.17) is 4.52 Å². The zero-order valence-electron chi connectivity index (χ0n) is 15.0. The maximum Gasteiger partial charge on any atom is 0.251 e. The van der Waals surface area contributed by atoms with E-state index in [9.17, 15) is 9.59 Å². The van der Waals surface area contributed by atoms with Crippen molar-refractivity contribution in [1.29, 1.82) is 0 Å². The van der Waals surface area contributed by atoms with Gasteiger partial charge in [0.1, 0.15) is 5.52 Å². The standard InChI is InChI=1S/C21H21N3O3/c25-19(24-12-4-5-13-24)10-11-22-21(26)16-8-9-18-17(14-16)20(27-23-18)15-6-2-1-3-7-15/h1-3,6-9,14H,4-5,10-13H2,(H,22,26). The van der Waals surface area contributed by atoms with Crippen LogP contribution in [-0.2, 0) is 4.79 Å². The third kappa shape index (κ3) is 3.69. The minimum atomic E-state index is -0.202. The lowest BCUT2D eigenvalue weighted by Crippen LogP contribution is -2.32. The Labute approximate surface area is 157 Å². The van der Waals surface area contributed by atoms with Crippen molar-refractivity contribution in [2.45, 2.75) is 19.3 Å². The molecule has 0 bridgehead atoms. The average molecular weight is 363 g/mol. The predicted octanol–water partition coefficient (Wildman–Crippen LogP) is 3.24. The summed E-state index contributed by atoms with van der Waals surface area (Å²) in [5, 5.41) is 7.69. The maximum absolute atomic E-state index is 12.5. The molecule has 1 aliphatic rings. The SMILES string of the molecule is O=C(NCCC(=O)N1CCCC1)c1ccc2noc(-c3ccccc3)c2c1. The fourth-order valence-corrected chi connectivity index (χ4v) is 3.39. The van der Waals surface area contributed by atoms with Crippen molar-refractivity contribution in [2.24, 2.45) is 0 Å². The first-order valence-corrected chi connectivity index (χ1v) is 9.23. The molecule has 1 saturated heterocycles. The second-order valence-electron chi connectivity index (χ2n) is 6.70. The first-order chi connectivity index (χ1) is 13.2. The zero-order chi connectivity index (χ0) is 18.6. The number of likely N-dealkylation sites (tertiary alicyclic amines) is 1. The van der Waals surface area contributed by atoms with Crippen LogP contribution < -0.4 is 5.32 Å². The van der Waals surface area contributed by atoms with E-state index < -0.39 is 0 Å². The Kier molecular flexibility index (Phi) is 4.87. The highest BCUT2D eigenvalue weighted by atomic mass is 16.5. The van der Waals surface area contributed by atoms with Crippen LogP contribution in [0, 0.1) is 0 Å². The summed E-state index contributed by atoms with van der Waals surface area (Å²) in [6.45, 7) is 2.00. The van der Waals surface area contributed by atoms with Crippen LogP contribution in [0.5, 0.6) is 0 Å². The van der Waals surface area contributed by atoms with Gasteiger partial charge in [-0.2, -0.15) is 0 Å². The van der Waals surface area contributed by atoms with E-state index in [2.05, 4.69) is 10.5 Å². The van der Waals surface area contributed by atoms with Gasteiger partial charge in [-0.15, -0.1) is 0 Å². The Balaban J connectivity index is 1.45. The number of rotatable bonds is 5. The molecule has 2 heterocycles. The molecule has 0 unspecified atom stereocenters. The number of benzene rings is 2. The number of aromatic nitrogens is 1. The molecule has 3 aromatic rings. The number of fused-ring (bicyclic) bond motifs is 1. The molecule has 6 nitrogen and oxygen atoms in total. The lowest BCUT2D eigenvalue weighted by atomic mass is 10.1. The Morgan fingerprint density at radius 3 is 2.63 bits per heavy atom. The summed E-state index contributed by atoms with van der Waals surface area (Å²) in [6, 6.07) is 14.9. The summed E-state index contributed by atoms with van der Waals surface area (Å²) in [5.41, 5.74) is 2.14. The molecule has 2 aromatic carbocycles. The molecule has 1 N–H and O–H groups in total. The smallest absolute Gasteiger partial charge is 0.251 e. The monoisotopic (exact) mass is 363 g/mol. The minimum absolute atomic E-state index is 0.105. The third-order valence-electron chi connectivity index (χ3n) is 4.86. The maximum atomic E-state index is 12.5. The van der Waals surface area contributed by atoms with Gasteiger partial charge < -0.3 is 14.7 Å². The van der Waals surface area contributed by atoms with E-state index in [0.29, 0.717) is 29.8 Å². The number of carbonyl (C=O) groups excluding carboxylic acids is 2. The second kappa shape index (κ2) is 7.61. The molecular formula is C21H21N3O3. The fourth-order valence-electron chi connectivity index (χ4n) is 3.39. The van der Waals surface area contributed by atoms with Crippen LogP contribution in [0.4, 0.5) is 0 Å². The third-order valence-corrected chi connectivity index (χ3v) is 4.86. The van der Waals surface area contributed by atoms with Crippen LogP contribution in [0.3, 0.4) is 0 Å². The molecule has 6 heteroatoms. The van der Waals surface area contributed by atoms with Crippen molar-refractivity contribution in [3.05, 3.63) is 54.1 Å². The van der Waals surface area contributed by atoms with Gasteiger partial charge in [-0.1, -0.05) is 35.5 Å². The van der Waals surface area contributed by atoms with Gasteiger partial charge in [0.25, 0.3) is 5.91 Å². The number of hydrogen-bond acceptors (Lipinski definition) is 4. The number of hydrogen-bond donors (Lipinski definition) is 1. The van der Waals surface area contributed by atoms with E-state index in [1.165, 1.54) is 0 Å². The zero-order valence-corrected chi connectivity index (χ0v) is 15.0. The molecule has 0 spiro atoms. The topological polar surface area (TPSA) is 75.4 Å². The molecule has 1 aliphatic heterocycles. The first-order valence-electron chi connectivity index (χ1n) is 9.23. The highest BCUT2D eigenvalue weighted by Gasteiger charge is 2.18. The van der Waals surface area contributed by atoms with E-state index in [0.717, 1.165) is 36.9 Å². The van der Waals surface area contributed by atoms with Crippen molar-refractivity contribution >= 4 is 22.7 Å². The molecular weight excluding hydrogens is 342 g/mol. The number of nitrogens with one attached hydrogen (secondary N) is 1. The largest absolute Gasteiger partial charge is 0.355 e. The van der Waals surface area contributed by atoms with Crippen LogP contribution in [0.15, 0.2) is 53.1 Å². The summed E-state index contributed by atoms with van der Waals surface area (Å²) in [5.74, 6) is 0.546. The minimum Gasteiger partial charge on any atom is -0.355 e. The fraction of sp³-hybridized carbons (Fsp3) is 0.286. The van der Waals surface area contributed by atoms with Crippen LogP contribution in [0.25, 0.3) is 22.2 Å². The Morgan fingerprint density at radius 1 is 1.07 bits per heavy atom. The van der Waals surface area contributed by atoms with Gasteiger partial charge in [0, 0.05) is 37.2 Å². The summed E-state index contributed by atoms with van der Waals surface area (Å²) in [7, 11) is 0. The Hall–Kier alpha value is -3.15. The summed E-state index contributed by atoms with van der Waals surface area (Å²) < 4.78 is 5.47. The van der Waals surface area contributed by atoms with Crippen LogP contribution in [-0.4, -0.2) is 41.5 Å². The van der Waals surface area contributed by atoms with Crippen molar-refractivity contribution in [2.75, 3.05) is 19.6 Å². The lowest BCUT2D eigenvalue weighted by molar-refractivity contribution is -0.129. The molecule has 1 aromatic heterocycles. The van der Waals surface area contributed by atoms with Crippen LogP contribution >= 0.6 is 0 Å². The van der Waals surface area contributed by atoms with Gasteiger partial charge in [-0.25, -0.2) is 0 Å². The molecule has 1 fully saturated rings. The molecule has 4 rings (SSSR count). The highest BCUT2D eigenvalue weighted by Crippen LogP contribution is 2.29. The number of amides is 2. The second-order valence-corrected chi connectivity index (χ2v) is 6.70. The summed E-state index contributed by atoms with van der Waals surface area (Å²) in [6.07, 6.45) is 2.47. The molecule has 138 valence electrons. The average Bonchev–Trinajstić information content (AvgIpc) is 3.38. The van der Waals surface area contributed by atoms with E-state index >= 15 is 0 Å². The first kappa shape index (κ1) is 17.3. The molecule has 0 radical (unpaired) electrons. The lowest BCUT2D eigenvalue weighted by Gasteiger charge is -2.15. The van der Waals surface area contributed by atoms with Gasteiger partial charge in [0.2, 0.25) is 5.91 Å². The van der Waals surface area contributed by atoms with E-state index in [1.807, 2.05) is 35.2 Å². The number of nitrogens with zero attached hydrogens (tertiary/aromatic N) is 2. The molecule has 27 heavy (non-hydrogen) atoms. The van der Waals surface area contributed by atoms with Crippen molar-refractivity contribution in [3.8, 4) is 11.3 Å². The summed E-state index contributed by atoms with van der Waals surface area (Å²) in [4.78, 5) is 26.4. The number of carbonyl (C=O) groups is 2. The van der Waals surface area contributed by atoms with Gasteiger partial charge in [-0.05, 0) is 31.0 Å². The van der Waals surface area contributed by atoms with Crippen LogP contribution in [0.1, 0.15) is 29.6 Å². The summed E-state index contributed by atoms with van der Waals surface area (Å²) >= 11 is 0. The van der Waals surface area contributed by atoms with E-state index in [-0.39, 0.29) is 11.8 Å². The van der Waals surface area contributed by atoms with Gasteiger partial charge in [-0.3, -0.25) is 9.59 Å².